The average molecular weight is 291 g/mol. The van der Waals surface area contributed by atoms with Crippen LogP contribution in [0.4, 0.5) is 4.39 Å². The van der Waals surface area contributed by atoms with E-state index in [2.05, 4.69) is 0 Å². The van der Waals surface area contributed by atoms with E-state index in [0.29, 0.717) is 18.8 Å². The van der Waals surface area contributed by atoms with Gasteiger partial charge in [0.1, 0.15) is 19.0 Å². The molecule has 1 aliphatic rings. The first kappa shape index (κ1) is 13.3. The fourth-order valence-corrected chi connectivity index (χ4v) is 3.05. The van der Waals surface area contributed by atoms with Gasteiger partial charge < -0.3 is 15.2 Å². The molecule has 0 bridgehead atoms. The minimum absolute atomic E-state index is 0.180. The van der Waals surface area contributed by atoms with Crippen molar-refractivity contribution in [3.05, 3.63) is 47.8 Å². The van der Waals surface area contributed by atoms with Crippen molar-refractivity contribution in [2.45, 2.75) is 16.3 Å². The van der Waals surface area contributed by atoms with Crippen LogP contribution in [-0.2, 0) is 6.54 Å². The summed E-state index contributed by atoms with van der Waals surface area (Å²) in [7, 11) is 0. The normalized spacial score (nSPS) is 13.3. The third-order valence-corrected chi connectivity index (χ3v) is 4.11. The number of nitrogens with two attached hydrogens (primary N) is 1. The van der Waals surface area contributed by atoms with E-state index in [1.165, 1.54) is 17.8 Å². The number of rotatable bonds is 3. The molecule has 104 valence electrons. The predicted molar refractivity (Wildman–Crippen MR) is 75.8 cm³/mol. The van der Waals surface area contributed by atoms with Gasteiger partial charge in [-0.2, -0.15) is 0 Å². The summed E-state index contributed by atoms with van der Waals surface area (Å²) >= 11 is 1.47. The summed E-state index contributed by atoms with van der Waals surface area (Å²) in [6.07, 6.45) is 0. The summed E-state index contributed by atoms with van der Waals surface area (Å²) in [5.74, 6) is 1.21. The number of halogens is 1. The van der Waals surface area contributed by atoms with E-state index < -0.39 is 0 Å². The van der Waals surface area contributed by atoms with E-state index in [-0.39, 0.29) is 12.4 Å². The molecule has 0 aliphatic carbocycles. The van der Waals surface area contributed by atoms with Crippen molar-refractivity contribution in [1.82, 2.24) is 0 Å². The summed E-state index contributed by atoms with van der Waals surface area (Å²) in [5, 5.41) is 0. The second kappa shape index (κ2) is 5.73. The highest BCUT2D eigenvalue weighted by Crippen LogP contribution is 2.38. The topological polar surface area (TPSA) is 44.5 Å². The minimum atomic E-state index is -0.268. The highest BCUT2D eigenvalue weighted by molar-refractivity contribution is 7.99. The summed E-state index contributed by atoms with van der Waals surface area (Å²) in [4.78, 5) is 1.79. The monoisotopic (exact) mass is 291 g/mol. The van der Waals surface area contributed by atoms with Crippen molar-refractivity contribution in [1.29, 1.82) is 0 Å². The van der Waals surface area contributed by atoms with Crippen LogP contribution in [0, 0.1) is 5.82 Å². The van der Waals surface area contributed by atoms with Crippen molar-refractivity contribution >= 4 is 11.8 Å². The summed E-state index contributed by atoms with van der Waals surface area (Å²) in [6, 6.07) is 10.7. The molecule has 0 unspecified atom stereocenters. The Morgan fingerprint density at radius 1 is 1.10 bits per heavy atom. The third-order valence-electron chi connectivity index (χ3n) is 3.02. The minimum Gasteiger partial charge on any atom is -0.486 e. The number of hydrogen-bond acceptors (Lipinski definition) is 4. The van der Waals surface area contributed by atoms with Crippen LogP contribution in [0.1, 0.15) is 5.56 Å². The maximum atomic E-state index is 13.7. The Morgan fingerprint density at radius 2 is 1.90 bits per heavy atom. The second-order valence-corrected chi connectivity index (χ2v) is 5.44. The van der Waals surface area contributed by atoms with Crippen LogP contribution in [0.2, 0.25) is 0 Å². The van der Waals surface area contributed by atoms with E-state index in [4.69, 9.17) is 15.2 Å². The van der Waals surface area contributed by atoms with Gasteiger partial charge in [0.05, 0.1) is 0 Å². The molecular weight excluding hydrogens is 277 g/mol. The van der Waals surface area contributed by atoms with Crippen LogP contribution in [0.5, 0.6) is 11.5 Å². The fourth-order valence-electron chi connectivity index (χ4n) is 2.05. The molecule has 5 heteroatoms. The van der Waals surface area contributed by atoms with Gasteiger partial charge in [0.15, 0.2) is 11.5 Å². The van der Waals surface area contributed by atoms with Gasteiger partial charge >= 0.3 is 0 Å². The highest BCUT2D eigenvalue weighted by atomic mass is 32.2. The first-order valence-electron chi connectivity index (χ1n) is 6.33. The van der Waals surface area contributed by atoms with Crippen LogP contribution < -0.4 is 15.2 Å². The van der Waals surface area contributed by atoms with Crippen LogP contribution in [0.15, 0.2) is 46.2 Å². The molecule has 20 heavy (non-hydrogen) atoms. The molecule has 3 rings (SSSR count). The molecule has 2 N–H and O–H groups in total. The van der Waals surface area contributed by atoms with Crippen LogP contribution in [0.3, 0.4) is 0 Å². The van der Waals surface area contributed by atoms with Gasteiger partial charge in [0.2, 0.25) is 0 Å². The first-order chi connectivity index (χ1) is 9.78. The van der Waals surface area contributed by atoms with Gasteiger partial charge in [-0.05, 0) is 30.3 Å². The Balaban J connectivity index is 1.90. The van der Waals surface area contributed by atoms with Crippen molar-refractivity contribution in [3.63, 3.8) is 0 Å². The fraction of sp³-hybridized carbons (Fsp3) is 0.200. The molecule has 0 spiro atoms. The molecule has 0 amide bonds. The Bertz CT molecular complexity index is 633. The summed E-state index contributed by atoms with van der Waals surface area (Å²) < 4.78 is 24.7. The Morgan fingerprint density at radius 3 is 2.70 bits per heavy atom. The van der Waals surface area contributed by atoms with Crippen molar-refractivity contribution in [3.8, 4) is 11.5 Å². The van der Waals surface area contributed by atoms with Crippen LogP contribution in [-0.4, -0.2) is 13.2 Å². The molecule has 3 nitrogen and oxygen atoms in total. The van der Waals surface area contributed by atoms with Gasteiger partial charge in [-0.15, -0.1) is 0 Å². The molecule has 1 aliphatic heterocycles. The lowest BCUT2D eigenvalue weighted by atomic mass is 10.2. The second-order valence-electron chi connectivity index (χ2n) is 4.33. The lowest BCUT2D eigenvalue weighted by Crippen LogP contribution is -2.15. The zero-order chi connectivity index (χ0) is 13.9. The smallest absolute Gasteiger partial charge is 0.162 e. The predicted octanol–water partition coefficient (Wildman–Crippen LogP) is 3.21. The maximum Gasteiger partial charge on any atom is 0.162 e. The van der Waals surface area contributed by atoms with Crippen LogP contribution in [0.25, 0.3) is 0 Å². The Hall–Kier alpha value is -1.72. The third kappa shape index (κ3) is 2.59. The summed E-state index contributed by atoms with van der Waals surface area (Å²) in [6.45, 7) is 1.30. The van der Waals surface area contributed by atoms with E-state index >= 15 is 0 Å². The lowest BCUT2D eigenvalue weighted by Gasteiger charge is -2.19. The largest absolute Gasteiger partial charge is 0.486 e. The molecular formula is C15H14FNO2S. The molecule has 0 atom stereocenters. The van der Waals surface area contributed by atoms with E-state index in [1.807, 2.05) is 24.3 Å². The van der Waals surface area contributed by atoms with Gasteiger partial charge in [-0.1, -0.05) is 17.8 Å². The van der Waals surface area contributed by atoms with Crippen molar-refractivity contribution in [2.24, 2.45) is 5.73 Å². The van der Waals surface area contributed by atoms with Crippen LogP contribution >= 0.6 is 11.8 Å². The SMILES string of the molecule is NCc1c(F)cccc1Sc1ccc2c(c1)OCCO2. The molecule has 2 aromatic carbocycles. The number of fused-ring (bicyclic) bond motifs is 1. The average Bonchev–Trinajstić information content (AvgIpc) is 2.47. The van der Waals surface area contributed by atoms with E-state index in [9.17, 15) is 4.39 Å². The zero-order valence-electron chi connectivity index (χ0n) is 10.8. The number of hydrogen-bond donors (Lipinski definition) is 1. The molecule has 0 saturated carbocycles. The highest BCUT2D eigenvalue weighted by Gasteiger charge is 2.13. The Labute approximate surface area is 120 Å². The standard InChI is InChI=1S/C15H14FNO2S/c16-12-2-1-3-15(11(12)9-17)20-10-4-5-13-14(8-10)19-7-6-18-13/h1-5,8H,6-7,9,17H2. The zero-order valence-corrected chi connectivity index (χ0v) is 11.6. The van der Waals surface area contributed by atoms with Crippen molar-refractivity contribution < 1.29 is 13.9 Å². The quantitative estimate of drug-likeness (QED) is 0.943. The lowest BCUT2D eigenvalue weighted by molar-refractivity contribution is 0.171. The molecule has 0 radical (unpaired) electrons. The van der Waals surface area contributed by atoms with E-state index in [0.717, 1.165) is 21.3 Å². The summed E-state index contributed by atoms with van der Waals surface area (Å²) in [5.41, 5.74) is 6.15. The van der Waals surface area contributed by atoms with Crippen molar-refractivity contribution in [2.75, 3.05) is 13.2 Å². The molecule has 0 saturated heterocycles. The van der Waals surface area contributed by atoms with E-state index in [1.54, 1.807) is 6.07 Å². The molecule has 1 heterocycles. The molecule has 0 aromatic heterocycles. The Kier molecular flexibility index (Phi) is 3.80. The van der Waals surface area contributed by atoms with Gasteiger partial charge in [-0.3, -0.25) is 0 Å². The van der Waals surface area contributed by atoms with Gasteiger partial charge in [0, 0.05) is 21.9 Å². The van der Waals surface area contributed by atoms with Gasteiger partial charge in [0.25, 0.3) is 0 Å². The number of ether oxygens (including phenoxy) is 2. The maximum absolute atomic E-state index is 13.7. The molecule has 2 aromatic rings. The number of benzene rings is 2. The molecule has 0 fully saturated rings. The first-order valence-corrected chi connectivity index (χ1v) is 7.14. The van der Waals surface area contributed by atoms with Gasteiger partial charge in [-0.25, -0.2) is 4.39 Å².